The van der Waals surface area contributed by atoms with Crippen LogP contribution >= 0.6 is 11.6 Å². The number of hydrogen-bond acceptors (Lipinski definition) is 4. The quantitative estimate of drug-likeness (QED) is 0.535. The van der Waals surface area contributed by atoms with Crippen LogP contribution in [0.15, 0.2) is 83.5 Å². The number of anilines is 1. The largest absolute Gasteiger partial charge is 0.497 e. The van der Waals surface area contributed by atoms with Crippen LogP contribution in [0.2, 0.25) is 5.02 Å². The fourth-order valence-electron chi connectivity index (χ4n) is 3.21. The van der Waals surface area contributed by atoms with E-state index in [-0.39, 0.29) is 5.91 Å². The van der Waals surface area contributed by atoms with Gasteiger partial charge in [0.2, 0.25) is 0 Å². The molecule has 0 fully saturated rings. The standard InChI is InChI=1S/C24H19ClN2O3/c1-29-19-13-7-16(8-14-19)15-21-24(28)27(18-11-9-17(25)10-12-18)23(26-21)20-5-3-4-6-22(20)30-2/h3-15H,1-2H3/b21-15+. The summed E-state index contributed by atoms with van der Waals surface area (Å²) >= 11 is 6.04. The molecule has 150 valence electrons. The molecular formula is C24H19ClN2O3. The summed E-state index contributed by atoms with van der Waals surface area (Å²) in [7, 11) is 3.21. The summed E-state index contributed by atoms with van der Waals surface area (Å²) in [6.45, 7) is 0. The third kappa shape index (κ3) is 3.80. The monoisotopic (exact) mass is 418 g/mol. The summed E-state index contributed by atoms with van der Waals surface area (Å²) < 4.78 is 10.7. The SMILES string of the molecule is COc1ccc(/C=C2/N=C(c3ccccc3OC)N(c3ccc(Cl)cc3)C2=O)cc1. The lowest BCUT2D eigenvalue weighted by Crippen LogP contribution is -2.32. The summed E-state index contributed by atoms with van der Waals surface area (Å²) in [4.78, 5) is 19.6. The molecule has 5 nitrogen and oxygen atoms in total. The van der Waals surface area contributed by atoms with Gasteiger partial charge in [0, 0.05) is 5.02 Å². The van der Waals surface area contributed by atoms with Crippen LogP contribution < -0.4 is 14.4 Å². The van der Waals surface area contributed by atoms with Crippen molar-refractivity contribution >= 4 is 35.1 Å². The topological polar surface area (TPSA) is 51.1 Å². The van der Waals surface area contributed by atoms with E-state index in [0.717, 1.165) is 16.9 Å². The molecule has 0 saturated heterocycles. The molecule has 4 rings (SSSR count). The van der Waals surface area contributed by atoms with Gasteiger partial charge in [0.25, 0.3) is 5.91 Å². The van der Waals surface area contributed by atoms with E-state index in [1.807, 2.05) is 48.5 Å². The molecule has 1 heterocycles. The molecule has 0 aliphatic carbocycles. The Balaban J connectivity index is 1.82. The molecule has 0 spiro atoms. The molecule has 1 aliphatic rings. The van der Waals surface area contributed by atoms with Gasteiger partial charge in [-0.3, -0.25) is 9.69 Å². The molecule has 6 heteroatoms. The minimum Gasteiger partial charge on any atom is -0.497 e. The van der Waals surface area contributed by atoms with Gasteiger partial charge in [0.15, 0.2) is 5.84 Å². The molecule has 1 amide bonds. The molecule has 0 aromatic heterocycles. The smallest absolute Gasteiger partial charge is 0.282 e. The Labute approximate surface area is 179 Å². The van der Waals surface area contributed by atoms with Gasteiger partial charge in [-0.05, 0) is 60.2 Å². The lowest BCUT2D eigenvalue weighted by Gasteiger charge is -2.20. The molecule has 0 bridgehead atoms. The van der Waals surface area contributed by atoms with Gasteiger partial charge >= 0.3 is 0 Å². The highest BCUT2D eigenvalue weighted by molar-refractivity contribution is 6.34. The number of halogens is 1. The highest BCUT2D eigenvalue weighted by Crippen LogP contribution is 2.31. The Bertz CT molecular complexity index is 1140. The van der Waals surface area contributed by atoms with E-state index in [1.165, 1.54) is 0 Å². The Hall–Kier alpha value is -3.57. The fraction of sp³-hybridized carbons (Fsp3) is 0.0833. The first kappa shape index (κ1) is 19.7. The summed E-state index contributed by atoms with van der Waals surface area (Å²) in [5, 5.41) is 0.593. The maximum Gasteiger partial charge on any atom is 0.282 e. The summed E-state index contributed by atoms with van der Waals surface area (Å²) in [6.07, 6.45) is 1.76. The van der Waals surface area contributed by atoms with Gasteiger partial charge in [-0.2, -0.15) is 0 Å². The van der Waals surface area contributed by atoms with Crippen molar-refractivity contribution in [3.05, 3.63) is 94.6 Å². The Morgan fingerprint density at radius 2 is 1.60 bits per heavy atom. The van der Waals surface area contributed by atoms with Crippen LogP contribution in [0.4, 0.5) is 5.69 Å². The van der Waals surface area contributed by atoms with E-state index in [2.05, 4.69) is 4.99 Å². The second-order valence-electron chi connectivity index (χ2n) is 6.56. The second kappa shape index (κ2) is 8.43. The Morgan fingerprint density at radius 1 is 0.900 bits per heavy atom. The van der Waals surface area contributed by atoms with E-state index >= 15 is 0 Å². The lowest BCUT2D eigenvalue weighted by atomic mass is 10.1. The molecular weight excluding hydrogens is 400 g/mol. The van der Waals surface area contributed by atoms with Crippen LogP contribution in [0, 0.1) is 0 Å². The van der Waals surface area contributed by atoms with Crippen molar-refractivity contribution in [1.82, 2.24) is 0 Å². The molecule has 3 aromatic carbocycles. The maximum atomic E-state index is 13.3. The first-order chi connectivity index (χ1) is 14.6. The number of para-hydroxylation sites is 1. The van der Waals surface area contributed by atoms with Gasteiger partial charge in [-0.15, -0.1) is 0 Å². The number of hydrogen-bond donors (Lipinski definition) is 0. The Kier molecular flexibility index (Phi) is 5.55. The van der Waals surface area contributed by atoms with Crippen molar-refractivity contribution in [2.45, 2.75) is 0 Å². The number of aliphatic imine (C=N–C) groups is 1. The maximum absolute atomic E-state index is 13.3. The summed E-state index contributed by atoms with van der Waals surface area (Å²) in [6, 6.07) is 22.0. The number of amidine groups is 1. The molecule has 0 atom stereocenters. The number of rotatable bonds is 5. The number of carbonyl (C=O) groups excluding carboxylic acids is 1. The predicted molar refractivity (Wildman–Crippen MR) is 119 cm³/mol. The van der Waals surface area contributed by atoms with Crippen molar-refractivity contribution in [3.63, 3.8) is 0 Å². The van der Waals surface area contributed by atoms with Gasteiger partial charge in [0.05, 0.1) is 25.5 Å². The molecule has 3 aromatic rings. The highest BCUT2D eigenvalue weighted by Gasteiger charge is 2.33. The second-order valence-corrected chi connectivity index (χ2v) is 6.99. The molecule has 1 aliphatic heterocycles. The molecule has 0 radical (unpaired) electrons. The van der Waals surface area contributed by atoms with Crippen LogP contribution in [0.5, 0.6) is 11.5 Å². The number of nitrogens with zero attached hydrogens (tertiary/aromatic N) is 2. The average Bonchev–Trinajstić information content (AvgIpc) is 3.10. The first-order valence-corrected chi connectivity index (χ1v) is 9.66. The summed E-state index contributed by atoms with van der Waals surface area (Å²) in [5.41, 5.74) is 2.57. The predicted octanol–water partition coefficient (Wildman–Crippen LogP) is 5.19. The fourth-order valence-corrected chi connectivity index (χ4v) is 3.34. The van der Waals surface area contributed by atoms with Crippen molar-refractivity contribution in [2.75, 3.05) is 19.1 Å². The number of ether oxygens (including phenoxy) is 2. The highest BCUT2D eigenvalue weighted by atomic mass is 35.5. The number of carbonyl (C=O) groups is 1. The van der Waals surface area contributed by atoms with E-state index in [1.54, 1.807) is 49.5 Å². The summed E-state index contributed by atoms with van der Waals surface area (Å²) in [5.74, 6) is 1.65. The third-order valence-electron chi connectivity index (χ3n) is 4.71. The van der Waals surface area contributed by atoms with E-state index in [4.69, 9.17) is 21.1 Å². The average molecular weight is 419 g/mol. The van der Waals surface area contributed by atoms with Gasteiger partial charge in [-0.25, -0.2) is 4.99 Å². The number of amides is 1. The van der Waals surface area contributed by atoms with Crippen molar-refractivity contribution in [1.29, 1.82) is 0 Å². The van der Waals surface area contributed by atoms with Crippen LogP contribution in [-0.2, 0) is 4.79 Å². The Morgan fingerprint density at radius 3 is 2.27 bits per heavy atom. The molecule has 0 saturated carbocycles. The van der Waals surface area contributed by atoms with Gasteiger partial charge < -0.3 is 9.47 Å². The minimum atomic E-state index is -0.228. The zero-order chi connectivity index (χ0) is 21.1. The molecule has 0 unspecified atom stereocenters. The zero-order valence-corrected chi connectivity index (χ0v) is 17.3. The third-order valence-corrected chi connectivity index (χ3v) is 4.96. The normalized spacial score (nSPS) is 14.8. The van der Waals surface area contributed by atoms with Crippen LogP contribution in [0.1, 0.15) is 11.1 Å². The molecule has 30 heavy (non-hydrogen) atoms. The van der Waals surface area contributed by atoms with Crippen molar-refractivity contribution in [2.24, 2.45) is 4.99 Å². The lowest BCUT2D eigenvalue weighted by molar-refractivity contribution is -0.113. The van der Waals surface area contributed by atoms with Gasteiger partial charge in [-0.1, -0.05) is 35.9 Å². The molecule has 0 N–H and O–H groups in total. The van der Waals surface area contributed by atoms with Crippen molar-refractivity contribution in [3.8, 4) is 11.5 Å². The van der Waals surface area contributed by atoms with Crippen molar-refractivity contribution < 1.29 is 14.3 Å². The van der Waals surface area contributed by atoms with E-state index in [9.17, 15) is 4.79 Å². The van der Waals surface area contributed by atoms with Crippen LogP contribution in [0.3, 0.4) is 0 Å². The zero-order valence-electron chi connectivity index (χ0n) is 16.5. The van der Waals surface area contributed by atoms with Crippen LogP contribution in [-0.4, -0.2) is 26.0 Å². The van der Waals surface area contributed by atoms with Crippen LogP contribution in [0.25, 0.3) is 6.08 Å². The van der Waals surface area contributed by atoms with E-state index in [0.29, 0.717) is 28.0 Å². The van der Waals surface area contributed by atoms with Gasteiger partial charge in [0.1, 0.15) is 17.2 Å². The number of methoxy groups -OCH3 is 2. The first-order valence-electron chi connectivity index (χ1n) is 9.28. The van der Waals surface area contributed by atoms with E-state index < -0.39 is 0 Å². The number of benzene rings is 3. The minimum absolute atomic E-state index is 0.228.